The van der Waals surface area contributed by atoms with Crippen LogP contribution in [0.3, 0.4) is 0 Å². The first-order chi connectivity index (χ1) is 8.20. The molecule has 2 aromatic rings. The number of ether oxygens (including phenoxy) is 1. The third-order valence-electron chi connectivity index (χ3n) is 2.02. The van der Waals surface area contributed by atoms with Gasteiger partial charge in [0.2, 0.25) is 0 Å². The molecule has 1 atom stereocenters. The summed E-state index contributed by atoms with van der Waals surface area (Å²) in [5.74, 6) is -0.667. The maximum absolute atomic E-state index is 10.9. The summed E-state index contributed by atoms with van der Waals surface area (Å²) in [4.78, 5) is 10.9. The van der Waals surface area contributed by atoms with Crippen molar-refractivity contribution in [1.82, 2.24) is 25.3 Å². The zero-order valence-electron chi connectivity index (χ0n) is 8.94. The highest BCUT2D eigenvalue weighted by Crippen LogP contribution is 2.05. The van der Waals surface area contributed by atoms with Gasteiger partial charge in [-0.3, -0.25) is 0 Å². The molecule has 2 N–H and O–H groups in total. The van der Waals surface area contributed by atoms with E-state index in [1.54, 1.807) is 12.1 Å². The van der Waals surface area contributed by atoms with E-state index in [2.05, 4.69) is 25.9 Å². The molecule has 0 aliphatic rings. The minimum Gasteiger partial charge on any atom is -0.480 e. The van der Waals surface area contributed by atoms with Crippen LogP contribution in [0.1, 0.15) is 0 Å². The predicted octanol–water partition coefficient (Wildman–Crippen LogP) is -0.969. The van der Waals surface area contributed by atoms with E-state index in [0.29, 0.717) is 11.5 Å². The molecular formula is C8H10N6O3. The highest BCUT2D eigenvalue weighted by atomic mass is 16.5. The van der Waals surface area contributed by atoms with Crippen LogP contribution in [0.15, 0.2) is 12.1 Å². The number of fused-ring (bicyclic) bond motifs is 1. The molecule has 0 bridgehead atoms. The van der Waals surface area contributed by atoms with Crippen molar-refractivity contribution in [2.24, 2.45) is 0 Å². The molecule has 0 saturated heterocycles. The number of nitrogens with zero attached hydrogens (tertiary/aromatic N) is 5. The molecule has 17 heavy (non-hydrogen) atoms. The number of aliphatic carboxylic acids is 1. The van der Waals surface area contributed by atoms with Gasteiger partial charge in [-0.15, -0.1) is 14.8 Å². The molecule has 0 amide bonds. The van der Waals surface area contributed by atoms with Gasteiger partial charge in [-0.05, 0) is 22.6 Å². The molecule has 2 heterocycles. The Kier molecular flexibility index (Phi) is 3.10. The molecule has 0 fully saturated rings. The summed E-state index contributed by atoms with van der Waals surface area (Å²) in [5.41, 5.74) is 0.481. The van der Waals surface area contributed by atoms with Crippen LogP contribution in [-0.4, -0.2) is 56.1 Å². The van der Waals surface area contributed by atoms with Gasteiger partial charge in [0.05, 0.1) is 6.61 Å². The zero-order valence-corrected chi connectivity index (χ0v) is 8.94. The van der Waals surface area contributed by atoms with Crippen molar-refractivity contribution in [3.8, 4) is 0 Å². The maximum Gasteiger partial charge on any atom is 0.328 e. The number of rotatable bonds is 5. The topological polar surface area (TPSA) is 115 Å². The Morgan fingerprint density at radius 3 is 3.18 bits per heavy atom. The lowest BCUT2D eigenvalue weighted by atomic mass is 10.3. The first-order valence-electron chi connectivity index (χ1n) is 4.74. The smallest absolute Gasteiger partial charge is 0.328 e. The van der Waals surface area contributed by atoms with Crippen LogP contribution in [0.5, 0.6) is 0 Å². The summed E-state index contributed by atoms with van der Waals surface area (Å²) < 4.78 is 5.99. The number of tetrazole rings is 1. The third kappa shape index (κ3) is 2.45. The fourth-order valence-electron chi connectivity index (χ4n) is 1.25. The molecule has 9 nitrogen and oxygen atoms in total. The van der Waals surface area contributed by atoms with E-state index in [1.807, 2.05) is 0 Å². The number of aromatic nitrogens is 5. The number of hydrogen-bond donors (Lipinski definition) is 2. The summed E-state index contributed by atoms with van der Waals surface area (Å²) in [7, 11) is 1.43. The van der Waals surface area contributed by atoms with Crippen molar-refractivity contribution in [1.29, 1.82) is 0 Å². The van der Waals surface area contributed by atoms with Crippen molar-refractivity contribution in [2.75, 3.05) is 19.0 Å². The lowest BCUT2D eigenvalue weighted by Crippen LogP contribution is -2.34. The van der Waals surface area contributed by atoms with Crippen molar-refractivity contribution in [2.45, 2.75) is 6.04 Å². The average Bonchev–Trinajstić information content (AvgIpc) is 2.75. The molecule has 90 valence electrons. The standard InChI is InChI=1S/C8H10N6O3/c1-17-4-5(8(15)16)9-6-2-3-7-10-12-13-14(7)11-6/h2-3,5H,4H2,1H3,(H,9,11)(H,15,16). The summed E-state index contributed by atoms with van der Waals surface area (Å²) in [6, 6.07) is 2.35. The van der Waals surface area contributed by atoms with E-state index in [1.165, 1.54) is 11.7 Å². The fraction of sp³-hybridized carbons (Fsp3) is 0.375. The molecule has 0 aliphatic heterocycles. The number of methoxy groups -OCH3 is 1. The van der Waals surface area contributed by atoms with Crippen LogP contribution in [0.2, 0.25) is 0 Å². The van der Waals surface area contributed by atoms with E-state index in [-0.39, 0.29) is 6.61 Å². The minimum absolute atomic E-state index is 0.0324. The van der Waals surface area contributed by atoms with Gasteiger partial charge in [0.25, 0.3) is 0 Å². The number of carboxylic acid groups (broad SMARTS) is 1. The largest absolute Gasteiger partial charge is 0.480 e. The maximum atomic E-state index is 10.9. The van der Waals surface area contributed by atoms with Crippen molar-refractivity contribution in [3.05, 3.63) is 12.1 Å². The molecule has 0 aliphatic carbocycles. The molecule has 9 heteroatoms. The molecule has 2 rings (SSSR count). The second-order valence-electron chi connectivity index (χ2n) is 3.24. The Morgan fingerprint density at radius 2 is 2.47 bits per heavy atom. The summed E-state index contributed by atoms with van der Waals surface area (Å²) in [6.07, 6.45) is 0. The number of anilines is 1. The van der Waals surface area contributed by atoms with Gasteiger partial charge in [0.15, 0.2) is 5.65 Å². The van der Waals surface area contributed by atoms with E-state index >= 15 is 0 Å². The number of carboxylic acids is 1. The van der Waals surface area contributed by atoms with Crippen LogP contribution in [0.25, 0.3) is 5.65 Å². The monoisotopic (exact) mass is 238 g/mol. The van der Waals surface area contributed by atoms with Crippen molar-refractivity contribution < 1.29 is 14.6 Å². The SMILES string of the molecule is COCC(Nc1ccc2nnnn2n1)C(=O)O. The Bertz CT molecular complexity index is 527. The average molecular weight is 238 g/mol. The van der Waals surface area contributed by atoms with Crippen LogP contribution in [-0.2, 0) is 9.53 Å². The highest BCUT2D eigenvalue weighted by Gasteiger charge is 2.17. The zero-order chi connectivity index (χ0) is 12.3. The van der Waals surface area contributed by atoms with E-state index in [9.17, 15) is 4.79 Å². The normalized spacial score (nSPS) is 12.5. The van der Waals surface area contributed by atoms with Crippen LogP contribution < -0.4 is 5.32 Å². The first kappa shape index (κ1) is 11.2. The molecule has 0 radical (unpaired) electrons. The van der Waals surface area contributed by atoms with E-state index < -0.39 is 12.0 Å². The van der Waals surface area contributed by atoms with Gasteiger partial charge in [0, 0.05) is 7.11 Å². The van der Waals surface area contributed by atoms with Crippen LogP contribution >= 0.6 is 0 Å². The van der Waals surface area contributed by atoms with Gasteiger partial charge in [-0.1, -0.05) is 0 Å². The van der Waals surface area contributed by atoms with Gasteiger partial charge < -0.3 is 15.2 Å². The predicted molar refractivity (Wildman–Crippen MR) is 55.5 cm³/mol. The van der Waals surface area contributed by atoms with Crippen molar-refractivity contribution in [3.63, 3.8) is 0 Å². The summed E-state index contributed by atoms with van der Waals surface area (Å²) in [6.45, 7) is 0.0324. The van der Waals surface area contributed by atoms with Crippen molar-refractivity contribution >= 4 is 17.4 Å². The number of hydrogen-bond acceptors (Lipinski definition) is 7. The summed E-state index contributed by atoms with van der Waals surface area (Å²) >= 11 is 0. The number of carbonyl (C=O) groups is 1. The molecule has 0 saturated carbocycles. The second kappa shape index (κ2) is 4.70. The van der Waals surface area contributed by atoms with Gasteiger partial charge in [-0.25, -0.2) is 4.79 Å². The highest BCUT2D eigenvalue weighted by molar-refractivity contribution is 5.77. The Hall–Kier alpha value is -2.29. The minimum atomic E-state index is -1.02. The lowest BCUT2D eigenvalue weighted by molar-refractivity contribution is -0.139. The van der Waals surface area contributed by atoms with Gasteiger partial charge in [-0.2, -0.15) is 0 Å². The van der Waals surface area contributed by atoms with Crippen LogP contribution in [0, 0.1) is 0 Å². The Morgan fingerprint density at radius 1 is 1.65 bits per heavy atom. The first-order valence-corrected chi connectivity index (χ1v) is 4.74. The summed E-state index contributed by atoms with van der Waals surface area (Å²) in [5, 5.41) is 26.3. The van der Waals surface area contributed by atoms with E-state index in [0.717, 1.165) is 0 Å². The van der Waals surface area contributed by atoms with Gasteiger partial charge >= 0.3 is 5.97 Å². The molecule has 0 aromatic carbocycles. The molecule has 0 spiro atoms. The van der Waals surface area contributed by atoms with Crippen LogP contribution in [0.4, 0.5) is 5.82 Å². The Balaban J connectivity index is 2.18. The molecular weight excluding hydrogens is 228 g/mol. The molecule has 2 aromatic heterocycles. The fourth-order valence-corrected chi connectivity index (χ4v) is 1.25. The quantitative estimate of drug-likeness (QED) is 0.683. The van der Waals surface area contributed by atoms with E-state index in [4.69, 9.17) is 9.84 Å². The second-order valence-corrected chi connectivity index (χ2v) is 3.24. The number of nitrogens with one attached hydrogen (secondary N) is 1. The van der Waals surface area contributed by atoms with Gasteiger partial charge in [0.1, 0.15) is 11.9 Å². The Labute approximate surface area is 95.4 Å². The lowest BCUT2D eigenvalue weighted by Gasteiger charge is -2.13. The third-order valence-corrected chi connectivity index (χ3v) is 2.02. The molecule has 1 unspecified atom stereocenters.